The molecule has 7 rings (SSSR count). The van der Waals surface area contributed by atoms with Gasteiger partial charge in [0.25, 0.3) is 17.4 Å². The third kappa shape index (κ3) is 7.84. The zero-order valence-electron chi connectivity index (χ0n) is 32.7. The predicted molar refractivity (Wildman–Crippen MR) is 213 cm³/mol. The second kappa shape index (κ2) is 15.5. The molecular formula is C44H46FN5O7. The fourth-order valence-electron chi connectivity index (χ4n) is 7.85. The van der Waals surface area contributed by atoms with Gasteiger partial charge in [0.1, 0.15) is 29.1 Å². The molecule has 0 radical (unpaired) electrons. The number of hydrogen-bond acceptors (Lipinski definition) is 7. The summed E-state index contributed by atoms with van der Waals surface area (Å²) in [6.45, 7) is 7.58. The molecular weight excluding hydrogens is 730 g/mol. The molecule has 13 heteroatoms. The third-order valence-electron chi connectivity index (χ3n) is 10.9. The van der Waals surface area contributed by atoms with Gasteiger partial charge in [0, 0.05) is 49.4 Å². The first-order valence-electron chi connectivity index (χ1n) is 19.2. The number of nitrogens with one attached hydrogen (secondary N) is 3. The summed E-state index contributed by atoms with van der Waals surface area (Å²) in [6.07, 6.45) is 5.22. The number of pyridine rings is 1. The molecule has 57 heavy (non-hydrogen) atoms. The summed E-state index contributed by atoms with van der Waals surface area (Å²) in [5, 5.41) is 16.5. The van der Waals surface area contributed by atoms with Crippen molar-refractivity contribution in [2.45, 2.75) is 84.4 Å². The zero-order chi connectivity index (χ0) is 40.8. The normalized spacial score (nSPS) is 15.6. The molecule has 2 aliphatic rings. The van der Waals surface area contributed by atoms with Crippen LogP contribution in [0.2, 0.25) is 0 Å². The summed E-state index contributed by atoms with van der Waals surface area (Å²) in [6, 6.07) is 14.6. The monoisotopic (exact) mass is 775 g/mol. The van der Waals surface area contributed by atoms with Crippen LogP contribution >= 0.6 is 0 Å². The van der Waals surface area contributed by atoms with Crippen LogP contribution in [0.4, 0.5) is 4.39 Å². The number of aliphatic hydroxyl groups is 1. The fourth-order valence-corrected chi connectivity index (χ4v) is 7.85. The van der Waals surface area contributed by atoms with Crippen molar-refractivity contribution in [1.29, 1.82) is 0 Å². The number of carbonyl (C=O) groups is 4. The quantitative estimate of drug-likeness (QED) is 0.0865. The van der Waals surface area contributed by atoms with Crippen LogP contribution in [-0.4, -0.2) is 55.8 Å². The number of benzene rings is 3. The van der Waals surface area contributed by atoms with E-state index in [-0.39, 0.29) is 41.2 Å². The Morgan fingerprint density at radius 2 is 1.74 bits per heavy atom. The average molecular weight is 776 g/mol. The topological polar surface area (TPSA) is 163 Å². The molecule has 1 unspecified atom stereocenters. The first-order valence-corrected chi connectivity index (χ1v) is 19.2. The number of hydrogen-bond donors (Lipinski definition) is 4. The highest BCUT2D eigenvalue weighted by molar-refractivity contribution is 6.06. The standard InChI is InChI=1S/C44H46FN5O7/c1-24-18-28(45)19-25(2)39(24)57-36-15-13-27(44(3,4)56)20-30(36)33-22-49(5)42(54)31-21-34(47-38(31)33)40(52)46-17-8-6-7-10-26-11-9-12-29-32(26)23-50(43(29)55)35-14-16-37(51)48-41(35)53/h9,11-13,15,18-22,35,47,56H,6-8,10,14,16-17,23H2,1-5H3,(H,46,52)(H,48,51,53). The van der Waals surface area contributed by atoms with Gasteiger partial charge in [0.15, 0.2) is 0 Å². The van der Waals surface area contributed by atoms with Gasteiger partial charge in [-0.2, -0.15) is 0 Å². The molecule has 296 valence electrons. The van der Waals surface area contributed by atoms with Crippen molar-refractivity contribution >= 4 is 34.5 Å². The lowest BCUT2D eigenvalue weighted by atomic mass is 9.93. The number of amides is 4. The lowest BCUT2D eigenvalue weighted by molar-refractivity contribution is -0.136. The van der Waals surface area contributed by atoms with Crippen LogP contribution in [0.5, 0.6) is 11.5 Å². The number of aryl methyl sites for hydroxylation is 4. The Morgan fingerprint density at radius 3 is 2.46 bits per heavy atom. The lowest BCUT2D eigenvalue weighted by Gasteiger charge is -2.29. The molecule has 12 nitrogen and oxygen atoms in total. The highest BCUT2D eigenvalue weighted by atomic mass is 19.1. The first-order chi connectivity index (χ1) is 27.1. The third-order valence-corrected chi connectivity index (χ3v) is 10.9. The minimum atomic E-state index is -1.20. The number of carbonyl (C=O) groups excluding carboxylic acids is 4. The molecule has 5 aromatic rings. The number of nitrogens with zero attached hydrogens (tertiary/aromatic N) is 2. The van der Waals surface area contributed by atoms with Gasteiger partial charge in [-0.05, 0) is 118 Å². The van der Waals surface area contributed by atoms with E-state index < -0.39 is 17.6 Å². The summed E-state index contributed by atoms with van der Waals surface area (Å²) in [4.78, 5) is 68.9. The number of halogens is 1. The molecule has 0 bridgehead atoms. The number of piperidine rings is 1. The number of rotatable bonds is 12. The average Bonchev–Trinajstić information content (AvgIpc) is 3.75. The Labute approximate surface area is 329 Å². The predicted octanol–water partition coefficient (Wildman–Crippen LogP) is 6.21. The van der Waals surface area contributed by atoms with Crippen molar-refractivity contribution in [3.8, 4) is 22.6 Å². The summed E-state index contributed by atoms with van der Waals surface area (Å²) < 4.78 is 22.0. The van der Waals surface area contributed by atoms with Crippen LogP contribution in [0.25, 0.3) is 22.0 Å². The van der Waals surface area contributed by atoms with Crippen molar-refractivity contribution in [2.75, 3.05) is 6.54 Å². The highest BCUT2D eigenvalue weighted by Crippen LogP contribution is 2.41. The minimum absolute atomic E-state index is 0.197. The molecule has 1 atom stereocenters. The maximum atomic E-state index is 14.1. The number of imide groups is 1. The van der Waals surface area contributed by atoms with Gasteiger partial charge >= 0.3 is 0 Å². The molecule has 0 spiro atoms. The molecule has 4 heterocycles. The van der Waals surface area contributed by atoms with Gasteiger partial charge in [-0.15, -0.1) is 0 Å². The summed E-state index contributed by atoms with van der Waals surface area (Å²) in [7, 11) is 1.63. The number of fused-ring (bicyclic) bond motifs is 2. The first kappa shape index (κ1) is 39.2. The molecule has 1 saturated heterocycles. The number of H-pyrrole nitrogens is 1. The van der Waals surface area contributed by atoms with Gasteiger partial charge in [-0.1, -0.05) is 24.6 Å². The van der Waals surface area contributed by atoms with E-state index in [1.807, 2.05) is 12.1 Å². The Hall–Kier alpha value is -6.08. The van der Waals surface area contributed by atoms with Crippen LogP contribution in [0.3, 0.4) is 0 Å². The summed E-state index contributed by atoms with van der Waals surface area (Å²) in [5.41, 5.74) is 4.62. The van der Waals surface area contributed by atoms with Crippen LogP contribution < -0.4 is 20.9 Å². The highest BCUT2D eigenvalue weighted by Gasteiger charge is 2.39. The molecule has 4 N–H and O–H groups in total. The lowest BCUT2D eigenvalue weighted by Crippen LogP contribution is -2.52. The van der Waals surface area contributed by atoms with E-state index in [2.05, 4.69) is 15.6 Å². The Morgan fingerprint density at radius 1 is 0.982 bits per heavy atom. The fraction of sp³-hybridized carbons (Fsp3) is 0.341. The Balaban J connectivity index is 1.04. The molecule has 0 aliphatic carbocycles. The maximum absolute atomic E-state index is 14.1. The van der Waals surface area contributed by atoms with Gasteiger partial charge in [-0.25, -0.2) is 4.39 Å². The molecule has 1 fully saturated rings. The van der Waals surface area contributed by atoms with Crippen LogP contribution in [0, 0.1) is 19.7 Å². The zero-order valence-corrected chi connectivity index (χ0v) is 32.7. The van der Waals surface area contributed by atoms with Crippen molar-refractivity contribution in [1.82, 2.24) is 25.1 Å². The van der Waals surface area contributed by atoms with Gasteiger partial charge in [0.2, 0.25) is 11.8 Å². The second-order valence-corrected chi connectivity index (χ2v) is 15.6. The van der Waals surface area contributed by atoms with E-state index in [9.17, 15) is 33.5 Å². The van der Waals surface area contributed by atoms with Crippen LogP contribution in [-0.2, 0) is 35.2 Å². The number of aromatic nitrogens is 2. The minimum Gasteiger partial charge on any atom is -0.456 e. The van der Waals surface area contributed by atoms with Crippen molar-refractivity contribution in [2.24, 2.45) is 7.05 Å². The Kier molecular flexibility index (Phi) is 10.6. The smallest absolute Gasteiger partial charge is 0.267 e. The van der Waals surface area contributed by atoms with Gasteiger partial charge in [0.05, 0.1) is 16.5 Å². The van der Waals surface area contributed by atoms with Crippen molar-refractivity contribution in [3.63, 3.8) is 0 Å². The maximum Gasteiger partial charge on any atom is 0.267 e. The largest absolute Gasteiger partial charge is 0.456 e. The van der Waals surface area contributed by atoms with E-state index in [4.69, 9.17) is 4.74 Å². The van der Waals surface area contributed by atoms with Gasteiger partial charge < -0.3 is 29.6 Å². The number of unbranched alkanes of at least 4 members (excludes halogenated alkanes) is 2. The second-order valence-electron chi connectivity index (χ2n) is 15.6. The van der Waals surface area contributed by atoms with E-state index in [0.29, 0.717) is 81.7 Å². The van der Waals surface area contributed by atoms with E-state index in [1.165, 1.54) is 16.7 Å². The number of aromatic amines is 1. The summed E-state index contributed by atoms with van der Waals surface area (Å²) >= 11 is 0. The van der Waals surface area contributed by atoms with Crippen LogP contribution in [0.1, 0.15) is 94.6 Å². The SMILES string of the molecule is Cc1cc(F)cc(C)c1Oc1ccc(C(C)(C)O)cc1-c1cn(C)c(=O)c2cc(C(=O)NCCCCCc3cccc4c3CN(C3CCC(=O)NC3=O)C4=O)[nH]c12. The van der Waals surface area contributed by atoms with E-state index in [0.717, 1.165) is 30.4 Å². The van der Waals surface area contributed by atoms with E-state index >= 15 is 0 Å². The Bertz CT molecular complexity index is 2490. The van der Waals surface area contributed by atoms with Crippen molar-refractivity contribution in [3.05, 3.63) is 116 Å². The molecule has 2 aromatic heterocycles. The molecule has 0 saturated carbocycles. The van der Waals surface area contributed by atoms with E-state index in [1.54, 1.807) is 76.2 Å². The molecule has 4 amide bonds. The summed E-state index contributed by atoms with van der Waals surface area (Å²) in [5.74, 6) is -0.790. The number of ether oxygens (including phenoxy) is 1. The van der Waals surface area contributed by atoms with Gasteiger partial charge in [-0.3, -0.25) is 29.3 Å². The van der Waals surface area contributed by atoms with Crippen molar-refractivity contribution < 1.29 is 33.4 Å². The molecule has 2 aliphatic heterocycles. The molecule has 3 aromatic carbocycles. The van der Waals surface area contributed by atoms with Crippen LogP contribution in [0.15, 0.2) is 65.6 Å².